The molecule has 0 aliphatic heterocycles. The highest BCUT2D eigenvalue weighted by atomic mass is 35.5. The number of hydrogen-bond acceptors (Lipinski definition) is 4. The van der Waals surface area contributed by atoms with Crippen molar-refractivity contribution in [1.82, 2.24) is 5.32 Å². The summed E-state index contributed by atoms with van der Waals surface area (Å²) in [7, 11) is 0. The lowest BCUT2D eigenvalue weighted by molar-refractivity contribution is 0.0838. The van der Waals surface area contributed by atoms with Crippen LogP contribution in [0.1, 0.15) is 10.4 Å². The first kappa shape index (κ1) is 12.0. The molecule has 84 valence electrons. The molecule has 0 radical (unpaired) electrons. The van der Waals surface area contributed by atoms with Crippen LogP contribution in [0.25, 0.3) is 0 Å². The molecule has 0 spiro atoms. The van der Waals surface area contributed by atoms with Crippen molar-refractivity contribution in [2.75, 3.05) is 26.4 Å². The van der Waals surface area contributed by atoms with Crippen LogP contribution in [0.15, 0.2) is 16.7 Å². The third-order valence-corrected chi connectivity index (χ3v) is 1.92. The summed E-state index contributed by atoms with van der Waals surface area (Å²) in [5.74, 6) is -0.304. The van der Waals surface area contributed by atoms with Crippen molar-refractivity contribution in [2.24, 2.45) is 0 Å². The van der Waals surface area contributed by atoms with Crippen molar-refractivity contribution < 1.29 is 19.1 Å². The van der Waals surface area contributed by atoms with Gasteiger partial charge in [0.25, 0.3) is 5.91 Å². The van der Waals surface area contributed by atoms with Gasteiger partial charge in [0.1, 0.15) is 0 Å². The predicted octanol–water partition coefficient (Wildman–Crippen LogP) is 0.672. The van der Waals surface area contributed by atoms with E-state index in [4.69, 9.17) is 25.9 Å². The maximum atomic E-state index is 11.4. The first-order chi connectivity index (χ1) is 7.25. The summed E-state index contributed by atoms with van der Waals surface area (Å²) in [6.07, 6.45) is 1.35. The second-order valence-corrected chi connectivity index (χ2v) is 3.04. The molecule has 0 fully saturated rings. The van der Waals surface area contributed by atoms with Gasteiger partial charge < -0.3 is 19.6 Å². The van der Waals surface area contributed by atoms with E-state index in [1.165, 1.54) is 12.3 Å². The van der Waals surface area contributed by atoms with Crippen molar-refractivity contribution in [3.05, 3.63) is 23.1 Å². The van der Waals surface area contributed by atoms with Crippen molar-refractivity contribution in [1.29, 1.82) is 0 Å². The number of carbonyl (C=O) groups is 1. The third-order valence-electron chi connectivity index (χ3n) is 1.63. The Bertz CT molecular complexity index is 313. The van der Waals surface area contributed by atoms with E-state index >= 15 is 0 Å². The van der Waals surface area contributed by atoms with Crippen LogP contribution in [0.5, 0.6) is 0 Å². The second kappa shape index (κ2) is 6.44. The Morgan fingerprint density at radius 3 is 3.00 bits per heavy atom. The molecule has 0 aromatic carbocycles. The van der Waals surface area contributed by atoms with Gasteiger partial charge in [-0.3, -0.25) is 4.79 Å². The molecule has 1 heterocycles. The quantitative estimate of drug-likeness (QED) is 0.709. The van der Waals surface area contributed by atoms with Gasteiger partial charge in [0.05, 0.1) is 31.6 Å². The fourth-order valence-corrected chi connectivity index (χ4v) is 1.15. The van der Waals surface area contributed by atoms with Crippen LogP contribution in [0, 0.1) is 0 Å². The Hall–Kier alpha value is -1.04. The van der Waals surface area contributed by atoms with E-state index in [-0.39, 0.29) is 24.3 Å². The molecule has 0 atom stereocenters. The molecular formula is C9H12ClNO4. The monoisotopic (exact) mass is 233 g/mol. The van der Waals surface area contributed by atoms with Gasteiger partial charge in [-0.25, -0.2) is 0 Å². The summed E-state index contributed by atoms with van der Waals surface area (Å²) in [6.45, 7) is 0.950. The van der Waals surface area contributed by atoms with E-state index < -0.39 is 0 Å². The Morgan fingerprint density at radius 1 is 1.60 bits per heavy atom. The number of hydrogen-bond donors (Lipinski definition) is 2. The summed E-state index contributed by atoms with van der Waals surface area (Å²) in [6, 6.07) is 1.49. The van der Waals surface area contributed by atoms with E-state index in [1.807, 2.05) is 0 Å². The molecule has 1 aromatic rings. The lowest BCUT2D eigenvalue weighted by Gasteiger charge is -2.04. The van der Waals surface area contributed by atoms with Crippen LogP contribution in [0.4, 0.5) is 0 Å². The van der Waals surface area contributed by atoms with Gasteiger partial charge in [-0.2, -0.15) is 0 Å². The predicted molar refractivity (Wildman–Crippen MR) is 54.0 cm³/mol. The minimum Gasteiger partial charge on any atom is -0.452 e. The number of nitrogens with one attached hydrogen (secondary N) is 1. The molecule has 6 heteroatoms. The van der Waals surface area contributed by atoms with Crippen molar-refractivity contribution in [2.45, 2.75) is 0 Å². The normalized spacial score (nSPS) is 10.3. The molecule has 15 heavy (non-hydrogen) atoms. The van der Waals surface area contributed by atoms with Gasteiger partial charge in [0.15, 0.2) is 0 Å². The van der Waals surface area contributed by atoms with E-state index in [2.05, 4.69) is 5.32 Å². The Labute approximate surface area is 92.0 Å². The van der Waals surface area contributed by atoms with E-state index in [0.29, 0.717) is 18.7 Å². The Balaban J connectivity index is 2.22. The topological polar surface area (TPSA) is 71.7 Å². The highest BCUT2D eigenvalue weighted by molar-refractivity contribution is 6.32. The maximum absolute atomic E-state index is 11.4. The molecule has 0 saturated carbocycles. The zero-order valence-electron chi connectivity index (χ0n) is 8.03. The zero-order valence-corrected chi connectivity index (χ0v) is 8.79. The van der Waals surface area contributed by atoms with Crippen LogP contribution < -0.4 is 5.32 Å². The first-order valence-corrected chi connectivity index (χ1v) is 4.83. The van der Waals surface area contributed by atoms with Crippen LogP contribution in [0.3, 0.4) is 0 Å². The number of ether oxygens (including phenoxy) is 1. The smallest absolute Gasteiger partial charge is 0.256 e. The Morgan fingerprint density at radius 2 is 2.40 bits per heavy atom. The fraction of sp³-hybridized carbons (Fsp3) is 0.444. The number of amides is 1. The third kappa shape index (κ3) is 3.91. The van der Waals surface area contributed by atoms with E-state index in [9.17, 15) is 4.79 Å². The summed E-state index contributed by atoms with van der Waals surface area (Å²) in [5, 5.41) is 11.1. The van der Waals surface area contributed by atoms with Crippen LogP contribution in [0.2, 0.25) is 5.22 Å². The number of furan rings is 1. The van der Waals surface area contributed by atoms with Gasteiger partial charge in [0.2, 0.25) is 5.22 Å². The summed E-state index contributed by atoms with van der Waals surface area (Å²) >= 11 is 5.61. The number of aliphatic hydroxyl groups excluding tert-OH is 1. The van der Waals surface area contributed by atoms with Gasteiger partial charge in [-0.1, -0.05) is 0 Å². The summed E-state index contributed by atoms with van der Waals surface area (Å²) < 4.78 is 9.73. The van der Waals surface area contributed by atoms with Crippen LogP contribution in [-0.4, -0.2) is 37.4 Å². The summed E-state index contributed by atoms with van der Waals surface area (Å²) in [4.78, 5) is 11.4. The molecule has 0 aliphatic carbocycles. The summed E-state index contributed by atoms with van der Waals surface area (Å²) in [5.41, 5.74) is 0.304. The molecule has 2 N–H and O–H groups in total. The lowest BCUT2D eigenvalue weighted by atomic mass is 10.3. The highest BCUT2D eigenvalue weighted by Crippen LogP contribution is 2.15. The van der Waals surface area contributed by atoms with Gasteiger partial charge in [-0.15, -0.1) is 0 Å². The molecule has 5 nitrogen and oxygen atoms in total. The average Bonchev–Trinajstić information content (AvgIpc) is 2.64. The molecule has 1 aromatic heterocycles. The van der Waals surface area contributed by atoms with Crippen molar-refractivity contribution >= 4 is 17.5 Å². The number of rotatable bonds is 6. The maximum Gasteiger partial charge on any atom is 0.256 e. The largest absolute Gasteiger partial charge is 0.452 e. The van der Waals surface area contributed by atoms with Crippen molar-refractivity contribution in [3.8, 4) is 0 Å². The number of halogens is 1. The molecule has 1 amide bonds. The standard InChI is InChI=1S/C9H12ClNO4/c10-8-7(1-4-15-8)9(13)11-2-5-14-6-3-12/h1,4,12H,2-3,5-6H2,(H,11,13). The van der Waals surface area contributed by atoms with E-state index in [1.54, 1.807) is 0 Å². The minimum atomic E-state index is -0.304. The van der Waals surface area contributed by atoms with Crippen molar-refractivity contribution in [3.63, 3.8) is 0 Å². The molecular weight excluding hydrogens is 222 g/mol. The van der Waals surface area contributed by atoms with Gasteiger partial charge in [0, 0.05) is 6.54 Å². The number of aliphatic hydroxyl groups is 1. The molecule has 0 unspecified atom stereocenters. The van der Waals surface area contributed by atoms with E-state index in [0.717, 1.165) is 0 Å². The lowest BCUT2D eigenvalue weighted by Crippen LogP contribution is -2.27. The zero-order chi connectivity index (χ0) is 11.1. The van der Waals surface area contributed by atoms with Gasteiger partial charge in [-0.05, 0) is 17.7 Å². The van der Waals surface area contributed by atoms with Crippen LogP contribution in [-0.2, 0) is 4.74 Å². The second-order valence-electron chi connectivity index (χ2n) is 2.70. The minimum absolute atomic E-state index is 0.0263. The number of carbonyl (C=O) groups excluding carboxylic acids is 1. The first-order valence-electron chi connectivity index (χ1n) is 4.45. The fourth-order valence-electron chi connectivity index (χ4n) is 0.954. The SMILES string of the molecule is O=C(NCCOCCO)c1ccoc1Cl. The Kier molecular flexibility index (Phi) is 5.17. The molecule has 0 bridgehead atoms. The molecule has 1 rings (SSSR count). The average molecular weight is 234 g/mol. The molecule has 0 saturated heterocycles. The highest BCUT2D eigenvalue weighted by Gasteiger charge is 2.11. The van der Waals surface area contributed by atoms with Crippen LogP contribution >= 0.6 is 11.6 Å². The molecule has 0 aliphatic rings. The van der Waals surface area contributed by atoms with Gasteiger partial charge >= 0.3 is 0 Å².